The van der Waals surface area contributed by atoms with E-state index >= 15 is 0 Å². The highest BCUT2D eigenvalue weighted by molar-refractivity contribution is 5.41. The maximum Gasteiger partial charge on any atom is 0.129 e. The predicted octanol–water partition coefficient (Wildman–Crippen LogP) is 3.59. The van der Waals surface area contributed by atoms with Crippen LogP contribution < -0.4 is 10.2 Å². The SMILES string of the molecule is CCC(C)N(CC)c1cc(CNC(C)(C)C)ccn1. The molecule has 1 atom stereocenters. The zero-order chi connectivity index (χ0) is 14.5. The number of aromatic nitrogens is 1. The molecule has 108 valence electrons. The molecule has 0 radical (unpaired) electrons. The lowest BCUT2D eigenvalue weighted by Crippen LogP contribution is -2.35. The van der Waals surface area contributed by atoms with Gasteiger partial charge in [-0.3, -0.25) is 0 Å². The fourth-order valence-electron chi connectivity index (χ4n) is 2.01. The van der Waals surface area contributed by atoms with Gasteiger partial charge in [-0.25, -0.2) is 4.98 Å². The monoisotopic (exact) mass is 263 g/mol. The van der Waals surface area contributed by atoms with Gasteiger partial charge in [0.2, 0.25) is 0 Å². The van der Waals surface area contributed by atoms with Crippen molar-refractivity contribution in [3.63, 3.8) is 0 Å². The summed E-state index contributed by atoms with van der Waals surface area (Å²) < 4.78 is 0. The first-order valence-electron chi connectivity index (χ1n) is 7.34. The predicted molar refractivity (Wildman–Crippen MR) is 83.6 cm³/mol. The third-order valence-electron chi connectivity index (χ3n) is 3.39. The van der Waals surface area contributed by atoms with Crippen molar-refractivity contribution in [2.24, 2.45) is 0 Å². The van der Waals surface area contributed by atoms with Gasteiger partial charge in [-0.2, -0.15) is 0 Å². The van der Waals surface area contributed by atoms with Gasteiger partial charge in [0.15, 0.2) is 0 Å². The van der Waals surface area contributed by atoms with Crippen molar-refractivity contribution in [1.29, 1.82) is 0 Å². The molecule has 1 aromatic rings. The van der Waals surface area contributed by atoms with Crippen LogP contribution in [0.25, 0.3) is 0 Å². The minimum Gasteiger partial charge on any atom is -0.354 e. The van der Waals surface area contributed by atoms with Crippen LogP contribution in [-0.4, -0.2) is 23.1 Å². The van der Waals surface area contributed by atoms with Crippen molar-refractivity contribution < 1.29 is 0 Å². The van der Waals surface area contributed by atoms with Crippen LogP contribution in [0.3, 0.4) is 0 Å². The Morgan fingerprint density at radius 2 is 2.00 bits per heavy atom. The lowest BCUT2D eigenvalue weighted by molar-refractivity contribution is 0.424. The molecule has 1 unspecified atom stereocenters. The summed E-state index contributed by atoms with van der Waals surface area (Å²) in [5.74, 6) is 1.09. The molecule has 0 bridgehead atoms. The summed E-state index contributed by atoms with van der Waals surface area (Å²) in [7, 11) is 0. The maximum atomic E-state index is 4.52. The molecule has 3 heteroatoms. The van der Waals surface area contributed by atoms with Crippen LogP contribution in [0.5, 0.6) is 0 Å². The fourth-order valence-corrected chi connectivity index (χ4v) is 2.01. The summed E-state index contributed by atoms with van der Waals surface area (Å²) in [5.41, 5.74) is 1.44. The van der Waals surface area contributed by atoms with E-state index in [0.717, 1.165) is 25.3 Å². The Balaban J connectivity index is 2.81. The third kappa shape index (κ3) is 5.19. The van der Waals surface area contributed by atoms with Gasteiger partial charge in [-0.05, 0) is 58.7 Å². The van der Waals surface area contributed by atoms with Gasteiger partial charge in [-0.15, -0.1) is 0 Å². The van der Waals surface area contributed by atoms with Crippen LogP contribution in [0, 0.1) is 0 Å². The number of hydrogen-bond donors (Lipinski definition) is 1. The summed E-state index contributed by atoms with van der Waals surface area (Å²) in [6.07, 6.45) is 3.06. The summed E-state index contributed by atoms with van der Waals surface area (Å²) in [6, 6.07) is 4.82. The average Bonchev–Trinajstić information content (AvgIpc) is 2.37. The minimum atomic E-state index is 0.143. The zero-order valence-electron chi connectivity index (χ0n) is 13.3. The molecule has 3 nitrogen and oxygen atoms in total. The standard InChI is InChI=1S/C16H29N3/c1-7-13(3)19(8-2)15-11-14(9-10-17-15)12-18-16(4,5)6/h9-11,13,18H,7-8,12H2,1-6H3. The van der Waals surface area contributed by atoms with Crippen molar-refractivity contribution in [3.05, 3.63) is 23.9 Å². The van der Waals surface area contributed by atoms with Gasteiger partial charge in [0.25, 0.3) is 0 Å². The second-order valence-corrected chi connectivity index (χ2v) is 6.17. The van der Waals surface area contributed by atoms with Crippen LogP contribution in [0.2, 0.25) is 0 Å². The molecule has 0 spiro atoms. The number of hydrogen-bond acceptors (Lipinski definition) is 3. The molecule has 1 N–H and O–H groups in total. The normalized spacial score (nSPS) is 13.4. The smallest absolute Gasteiger partial charge is 0.129 e. The van der Waals surface area contributed by atoms with Crippen LogP contribution in [-0.2, 0) is 6.54 Å². The van der Waals surface area contributed by atoms with Crippen molar-refractivity contribution in [1.82, 2.24) is 10.3 Å². The summed E-state index contributed by atoms with van der Waals surface area (Å²) in [4.78, 5) is 6.88. The average molecular weight is 263 g/mol. The minimum absolute atomic E-state index is 0.143. The second kappa shape index (κ2) is 6.90. The van der Waals surface area contributed by atoms with E-state index in [1.54, 1.807) is 0 Å². The first-order valence-corrected chi connectivity index (χ1v) is 7.34. The van der Waals surface area contributed by atoms with Crippen LogP contribution in [0.1, 0.15) is 53.5 Å². The topological polar surface area (TPSA) is 28.2 Å². The number of rotatable bonds is 6. The van der Waals surface area contributed by atoms with Crippen LogP contribution in [0.15, 0.2) is 18.3 Å². The van der Waals surface area contributed by atoms with Gasteiger partial charge < -0.3 is 10.2 Å². The molecule has 1 rings (SSSR count). The van der Waals surface area contributed by atoms with E-state index in [2.05, 4.69) is 68.9 Å². The highest BCUT2D eigenvalue weighted by Crippen LogP contribution is 2.17. The molecule has 1 heterocycles. The molecule has 0 saturated carbocycles. The number of nitrogens with zero attached hydrogens (tertiary/aromatic N) is 2. The van der Waals surface area contributed by atoms with E-state index in [4.69, 9.17) is 0 Å². The Bertz CT molecular complexity index is 382. The van der Waals surface area contributed by atoms with Gasteiger partial charge in [0.1, 0.15) is 5.82 Å². The van der Waals surface area contributed by atoms with E-state index in [-0.39, 0.29) is 5.54 Å². The Kier molecular flexibility index (Phi) is 5.80. The molecular formula is C16H29N3. The number of nitrogens with one attached hydrogen (secondary N) is 1. The van der Waals surface area contributed by atoms with E-state index in [9.17, 15) is 0 Å². The van der Waals surface area contributed by atoms with Crippen LogP contribution >= 0.6 is 0 Å². The van der Waals surface area contributed by atoms with Gasteiger partial charge in [-0.1, -0.05) is 6.92 Å². The molecule has 1 aromatic heterocycles. The highest BCUT2D eigenvalue weighted by atomic mass is 15.2. The lowest BCUT2D eigenvalue weighted by atomic mass is 10.1. The number of anilines is 1. The molecule has 0 aliphatic heterocycles. The Morgan fingerprint density at radius 1 is 1.32 bits per heavy atom. The largest absolute Gasteiger partial charge is 0.354 e. The first-order chi connectivity index (χ1) is 8.87. The quantitative estimate of drug-likeness (QED) is 0.850. The Hall–Kier alpha value is -1.09. The molecule has 0 aromatic carbocycles. The van der Waals surface area contributed by atoms with Gasteiger partial charge in [0.05, 0.1) is 0 Å². The third-order valence-corrected chi connectivity index (χ3v) is 3.39. The van der Waals surface area contributed by atoms with Gasteiger partial charge >= 0.3 is 0 Å². The molecule has 19 heavy (non-hydrogen) atoms. The van der Waals surface area contributed by atoms with E-state index in [0.29, 0.717) is 6.04 Å². The maximum absolute atomic E-state index is 4.52. The summed E-state index contributed by atoms with van der Waals surface area (Å²) >= 11 is 0. The fraction of sp³-hybridized carbons (Fsp3) is 0.688. The summed E-state index contributed by atoms with van der Waals surface area (Å²) in [6.45, 7) is 15.1. The molecular weight excluding hydrogens is 234 g/mol. The molecule has 0 amide bonds. The number of pyridine rings is 1. The molecule has 0 aliphatic rings. The lowest BCUT2D eigenvalue weighted by Gasteiger charge is -2.29. The highest BCUT2D eigenvalue weighted by Gasteiger charge is 2.13. The van der Waals surface area contributed by atoms with E-state index < -0.39 is 0 Å². The van der Waals surface area contributed by atoms with Gasteiger partial charge in [0, 0.05) is 30.9 Å². The summed E-state index contributed by atoms with van der Waals surface area (Å²) in [5, 5.41) is 3.52. The van der Waals surface area contributed by atoms with Crippen molar-refractivity contribution >= 4 is 5.82 Å². The van der Waals surface area contributed by atoms with E-state index in [1.165, 1.54) is 5.56 Å². The first kappa shape index (κ1) is 16.0. The Labute approximate surface area is 118 Å². The van der Waals surface area contributed by atoms with Crippen molar-refractivity contribution in [2.45, 2.75) is 66.1 Å². The van der Waals surface area contributed by atoms with E-state index in [1.807, 2.05) is 6.20 Å². The Morgan fingerprint density at radius 3 is 2.53 bits per heavy atom. The van der Waals surface area contributed by atoms with Crippen molar-refractivity contribution in [2.75, 3.05) is 11.4 Å². The molecule has 0 saturated heterocycles. The molecule has 0 aliphatic carbocycles. The van der Waals surface area contributed by atoms with Crippen molar-refractivity contribution in [3.8, 4) is 0 Å². The zero-order valence-corrected chi connectivity index (χ0v) is 13.3. The molecule has 0 fully saturated rings. The second-order valence-electron chi connectivity index (χ2n) is 6.17. The van der Waals surface area contributed by atoms with Crippen LogP contribution in [0.4, 0.5) is 5.82 Å².